The van der Waals surface area contributed by atoms with E-state index in [0.717, 1.165) is 19.3 Å². The molecule has 0 fully saturated rings. The average Bonchev–Trinajstić information content (AvgIpc) is 2.64. The number of carbonyl (C=O) groups excluding carboxylic acids is 1. The molecule has 1 N–H and O–H groups in total. The molecule has 0 aromatic heterocycles. The highest BCUT2D eigenvalue weighted by Gasteiger charge is 2.00. The second-order valence-corrected chi connectivity index (χ2v) is 7.00. The first-order chi connectivity index (χ1) is 12.8. The summed E-state index contributed by atoms with van der Waals surface area (Å²) in [5.74, 6) is 0.151. The number of hydrogen-bond acceptors (Lipinski definition) is 3. The molecule has 0 unspecified atom stereocenters. The van der Waals surface area contributed by atoms with Gasteiger partial charge in [0.05, 0.1) is 6.61 Å². The van der Waals surface area contributed by atoms with Gasteiger partial charge in [0.15, 0.2) is 0 Å². The van der Waals surface area contributed by atoms with Gasteiger partial charge in [0, 0.05) is 31.5 Å². The van der Waals surface area contributed by atoms with Gasteiger partial charge < -0.3 is 10.1 Å². The Bertz CT molecular complexity index is 358. The van der Waals surface area contributed by atoms with Crippen LogP contribution in [0.5, 0.6) is 0 Å². The minimum absolute atomic E-state index is 0.151. The van der Waals surface area contributed by atoms with Crippen molar-refractivity contribution in [2.75, 3.05) is 26.8 Å². The van der Waals surface area contributed by atoms with Crippen molar-refractivity contribution in [3.05, 3.63) is 10.4 Å². The van der Waals surface area contributed by atoms with Crippen LogP contribution >= 0.6 is 0 Å². The van der Waals surface area contributed by atoms with E-state index < -0.39 is 0 Å². The Kier molecular flexibility index (Phi) is 20.7. The van der Waals surface area contributed by atoms with Crippen molar-refractivity contribution in [3.8, 4) is 0 Å². The molecule has 26 heavy (non-hydrogen) atoms. The maximum atomic E-state index is 11.5. The normalized spacial score (nSPS) is 10.5. The van der Waals surface area contributed by atoms with Crippen molar-refractivity contribution < 1.29 is 9.53 Å². The van der Waals surface area contributed by atoms with Crippen LogP contribution in [0.4, 0.5) is 0 Å². The lowest BCUT2D eigenvalue weighted by molar-refractivity contribution is -0.121. The Morgan fingerprint density at radius 3 is 1.77 bits per heavy atom. The van der Waals surface area contributed by atoms with Gasteiger partial charge in [-0.15, -0.1) is 0 Å². The first kappa shape index (κ1) is 24.7. The Hall–Kier alpha value is -1.26. The number of azide groups is 1. The fourth-order valence-corrected chi connectivity index (χ4v) is 3.02. The zero-order valence-electron chi connectivity index (χ0n) is 16.9. The van der Waals surface area contributed by atoms with Crippen LogP contribution in [0.1, 0.15) is 96.3 Å². The summed E-state index contributed by atoms with van der Waals surface area (Å²) in [4.78, 5) is 14.3. The smallest absolute Gasteiger partial charge is 0.220 e. The quantitative estimate of drug-likeness (QED) is 0.125. The molecule has 0 aromatic carbocycles. The van der Waals surface area contributed by atoms with Crippen molar-refractivity contribution in [1.29, 1.82) is 0 Å². The molecule has 0 saturated heterocycles. The fourth-order valence-electron chi connectivity index (χ4n) is 3.02. The molecule has 0 radical (unpaired) electrons. The first-order valence-corrected chi connectivity index (χ1v) is 10.6. The third-order valence-electron chi connectivity index (χ3n) is 4.60. The van der Waals surface area contributed by atoms with Gasteiger partial charge in [-0.05, 0) is 18.4 Å². The zero-order chi connectivity index (χ0) is 19.1. The number of methoxy groups -OCH3 is 1. The van der Waals surface area contributed by atoms with Crippen LogP contribution in [0.25, 0.3) is 10.4 Å². The average molecular weight is 369 g/mol. The van der Waals surface area contributed by atoms with E-state index in [1.54, 1.807) is 7.11 Å². The molecule has 0 spiro atoms. The van der Waals surface area contributed by atoms with Gasteiger partial charge in [-0.25, -0.2) is 0 Å². The van der Waals surface area contributed by atoms with E-state index in [1.807, 2.05) is 0 Å². The maximum absolute atomic E-state index is 11.5. The SMILES string of the molecule is COCCNC(=O)CCCCCCCCCCCCCCCCN=[N+]=[N-]. The van der Waals surface area contributed by atoms with E-state index in [-0.39, 0.29) is 5.91 Å². The summed E-state index contributed by atoms with van der Waals surface area (Å²) >= 11 is 0. The predicted molar refractivity (Wildman–Crippen MR) is 108 cm³/mol. The third kappa shape index (κ3) is 20.8. The number of unbranched alkanes of at least 4 members (excludes halogenated alkanes) is 13. The number of nitrogens with zero attached hydrogens (tertiary/aromatic N) is 3. The monoisotopic (exact) mass is 368 g/mol. The number of amides is 1. The Morgan fingerprint density at radius 1 is 0.846 bits per heavy atom. The predicted octanol–water partition coefficient (Wildman–Crippen LogP) is 5.91. The molecule has 6 heteroatoms. The molecule has 0 aliphatic heterocycles. The molecule has 152 valence electrons. The van der Waals surface area contributed by atoms with Gasteiger partial charge in [-0.3, -0.25) is 4.79 Å². The van der Waals surface area contributed by atoms with Crippen LogP contribution in [-0.2, 0) is 9.53 Å². The van der Waals surface area contributed by atoms with Crippen LogP contribution in [0.3, 0.4) is 0 Å². The summed E-state index contributed by atoms with van der Waals surface area (Å²) < 4.78 is 4.90. The lowest BCUT2D eigenvalue weighted by Gasteiger charge is -2.05. The Labute approximate surface area is 160 Å². The Balaban J connectivity index is 3.09. The fraction of sp³-hybridized carbons (Fsp3) is 0.950. The number of carbonyl (C=O) groups is 1. The lowest BCUT2D eigenvalue weighted by atomic mass is 10.0. The van der Waals surface area contributed by atoms with E-state index in [2.05, 4.69) is 15.3 Å². The zero-order valence-corrected chi connectivity index (χ0v) is 16.9. The largest absolute Gasteiger partial charge is 0.383 e. The third-order valence-corrected chi connectivity index (χ3v) is 4.60. The van der Waals surface area contributed by atoms with Crippen molar-refractivity contribution in [3.63, 3.8) is 0 Å². The van der Waals surface area contributed by atoms with Gasteiger partial charge >= 0.3 is 0 Å². The van der Waals surface area contributed by atoms with Crippen molar-refractivity contribution >= 4 is 5.91 Å². The summed E-state index contributed by atoms with van der Waals surface area (Å²) in [6.07, 6.45) is 18.3. The molecule has 0 aliphatic rings. The molecule has 0 saturated carbocycles. The molecule has 6 nitrogen and oxygen atoms in total. The van der Waals surface area contributed by atoms with Crippen LogP contribution in [-0.4, -0.2) is 32.7 Å². The number of ether oxygens (including phenoxy) is 1. The van der Waals surface area contributed by atoms with Crippen molar-refractivity contribution in [2.45, 2.75) is 96.3 Å². The van der Waals surface area contributed by atoms with E-state index in [4.69, 9.17) is 10.3 Å². The summed E-state index contributed by atoms with van der Waals surface area (Å²) in [6.45, 7) is 1.86. The van der Waals surface area contributed by atoms with Crippen LogP contribution < -0.4 is 5.32 Å². The summed E-state index contributed by atoms with van der Waals surface area (Å²) in [5, 5.41) is 6.41. The van der Waals surface area contributed by atoms with Crippen LogP contribution in [0, 0.1) is 0 Å². The van der Waals surface area contributed by atoms with E-state index in [0.29, 0.717) is 26.1 Å². The van der Waals surface area contributed by atoms with Gasteiger partial charge in [0.2, 0.25) is 5.91 Å². The molecule has 0 aliphatic carbocycles. The number of rotatable bonds is 20. The lowest BCUT2D eigenvalue weighted by Crippen LogP contribution is -2.26. The minimum Gasteiger partial charge on any atom is -0.383 e. The topological polar surface area (TPSA) is 87.1 Å². The highest BCUT2D eigenvalue weighted by atomic mass is 16.5. The van der Waals surface area contributed by atoms with Gasteiger partial charge in [0.1, 0.15) is 0 Å². The highest BCUT2D eigenvalue weighted by Crippen LogP contribution is 2.13. The summed E-state index contributed by atoms with van der Waals surface area (Å²) in [6, 6.07) is 0. The van der Waals surface area contributed by atoms with Crippen LogP contribution in [0.15, 0.2) is 5.11 Å². The van der Waals surface area contributed by atoms with Gasteiger partial charge in [-0.1, -0.05) is 82.2 Å². The standard InChI is InChI=1S/C20H40N4O2/c1-26-19-18-22-20(25)16-14-12-10-8-6-4-2-3-5-7-9-11-13-15-17-23-24-21/h2-19H2,1H3,(H,22,25). The molecule has 0 rings (SSSR count). The van der Waals surface area contributed by atoms with E-state index in [9.17, 15) is 4.79 Å². The van der Waals surface area contributed by atoms with Crippen molar-refractivity contribution in [2.24, 2.45) is 5.11 Å². The highest BCUT2D eigenvalue weighted by molar-refractivity contribution is 5.75. The van der Waals surface area contributed by atoms with E-state index >= 15 is 0 Å². The van der Waals surface area contributed by atoms with Crippen molar-refractivity contribution in [1.82, 2.24) is 5.32 Å². The second kappa shape index (κ2) is 21.8. The molecule has 0 bridgehead atoms. The van der Waals surface area contributed by atoms with Gasteiger partial charge in [-0.2, -0.15) is 0 Å². The first-order valence-electron chi connectivity index (χ1n) is 10.6. The number of hydrogen-bond donors (Lipinski definition) is 1. The molecule has 1 amide bonds. The molecular formula is C20H40N4O2. The molecule has 0 heterocycles. The summed E-state index contributed by atoms with van der Waals surface area (Å²) in [7, 11) is 1.64. The number of nitrogens with one attached hydrogen (secondary N) is 1. The molecular weight excluding hydrogens is 328 g/mol. The maximum Gasteiger partial charge on any atom is 0.220 e. The second-order valence-electron chi connectivity index (χ2n) is 7.00. The molecule has 0 aromatic rings. The van der Waals surface area contributed by atoms with E-state index in [1.165, 1.54) is 70.6 Å². The minimum atomic E-state index is 0.151. The summed E-state index contributed by atoms with van der Waals surface area (Å²) in [5.41, 5.74) is 8.17. The van der Waals surface area contributed by atoms with Gasteiger partial charge in [0.25, 0.3) is 0 Å². The van der Waals surface area contributed by atoms with Crippen LogP contribution in [0.2, 0.25) is 0 Å². The molecule has 0 atom stereocenters. The Morgan fingerprint density at radius 2 is 1.31 bits per heavy atom.